The van der Waals surface area contributed by atoms with Gasteiger partial charge in [0.2, 0.25) is 0 Å². The highest BCUT2D eigenvalue weighted by atomic mass is 19.1. The molecule has 19 heavy (non-hydrogen) atoms. The first-order chi connectivity index (χ1) is 9.00. The number of amides is 1. The van der Waals surface area contributed by atoms with Crippen LogP contribution in [0.3, 0.4) is 0 Å². The van der Waals surface area contributed by atoms with Crippen molar-refractivity contribution < 1.29 is 14.3 Å². The molecule has 1 aliphatic rings. The van der Waals surface area contributed by atoms with Crippen molar-refractivity contribution in [1.29, 1.82) is 0 Å². The first-order valence-electron chi connectivity index (χ1n) is 6.25. The van der Waals surface area contributed by atoms with Gasteiger partial charge in [-0.2, -0.15) is 0 Å². The molecule has 1 saturated heterocycles. The van der Waals surface area contributed by atoms with Crippen molar-refractivity contribution in [2.45, 2.75) is 18.9 Å². The van der Waals surface area contributed by atoms with Gasteiger partial charge in [-0.3, -0.25) is 0 Å². The third-order valence-electron chi connectivity index (χ3n) is 3.65. The number of piperidine rings is 1. The molecule has 0 saturated carbocycles. The number of rotatable bonds is 2. The number of hydrogen-bond donors (Lipinski definition) is 2. The van der Waals surface area contributed by atoms with E-state index in [0.717, 1.165) is 0 Å². The average Bonchev–Trinajstić information content (AvgIpc) is 2.38. The summed E-state index contributed by atoms with van der Waals surface area (Å²) in [6.07, 6.45) is 0.427. The van der Waals surface area contributed by atoms with E-state index in [0.29, 0.717) is 37.3 Å². The summed E-state index contributed by atoms with van der Waals surface area (Å²) in [6, 6.07) is 4.63. The van der Waals surface area contributed by atoms with Gasteiger partial charge in [0.05, 0.1) is 11.4 Å². The molecule has 6 heteroatoms. The number of hydrogen-bond acceptors (Lipinski definition) is 3. The SMILES string of the molecule is CN(C(=O)O)C1CCN(c2c(N)cccc2F)CC1. The van der Waals surface area contributed by atoms with Crippen LogP contribution in [0.15, 0.2) is 18.2 Å². The summed E-state index contributed by atoms with van der Waals surface area (Å²) in [5.74, 6) is -0.329. The zero-order valence-electron chi connectivity index (χ0n) is 10.8. The van der Waals surface area contributed by atoms with E-state index in [1.165, 1.54) is 11.0 Å². The molecule has 5 nitrogen and oxygen atoms in total. The van der Waals surface area contributed by atoms with E-state index in [9.17, 15) is 9.18 Å². The van der Waals surface area contributed by atoms with Gasteiger partial charge in [0.1, 0.15) is 5.82 Å². The fourth-order valence-corrected chi connectivity index (χ4v) is 2.50. The maximum absolute atomic E-state index is 13.8. The minimum Gasteiger partial charge on any atom is -0.465 e. The monoisotopic (exact) mass is 267 g/mol. The standard InChI is InChI=1S/C13H18FN3O2/c1-16(13(18)19)9-5-7-17(8-6-9)12-10(14)3-2-4-11(12)15/h2-4,9H,5-8,15H2,1H3,(H,18,19). The van der Waals surface area contributed by atoms with Gasteiger partial charge in [-0.15, -0.1) is 0 Å². The highest BCUT2D eigenvalue weighted by Crippen LogP contribution is 2.29. The van der Waals surface area contributed by atoms with Crippen LogP contribution in [0.4, 0.5) is 20.6 Å². The highest BCUT2D eigenvalue weighted by molar-refractivity contribution is 5.68. The van der Waals surface area contributed by atoms with Crippen molar-refractivity contribution in [3.8, 4) is 0 Å². The van der Waals surface area contributed by atoms with Gasteiger partial charge >= 0.3 is 6.09 Å². The van der Waals surface area contributed by atoms with Crippen molar-refractivity contribution in [1.82, 2.24) is 4.90 Å². The number of nitrogen functional groups attached to an aromatic ring is 1. The number of carboxylic acid groups (broad SMARTS) is 1. The molecular formula is C13H18FN3O2. The van der Waals surface area contributed by atoms with Crippen LogP contribution in [-0.2, 0) is 0 Å². The summed E-state index contributed by atoms with van der Waals surface area (Å²) in [5, 5.41) is 8.94. The average molecular weight is 267 g/mol. The molecule has 0 spiro atoms. The Morgan fingerprint density at radius 1 is 1.47 bits per heavy atom. The second kappa shape index (κ2) is 5.34. The molecule has 1 fully saturated rings. The molecule has 0 atom stereocenters. The van der Waals surface area contributed by atoms with Crippen LogP contribution >= 0.6 is 0 Å². The molecule has 0 bridgehead atoms. The summed E-state index contributed by atoms with van der Waals surface area (Å²) in [7, 11) is 1.57. The first-order valence-corrected chi connectivity index (χ1v) is 6.25. The quantitative estimate of drug-likeness (QED) is 0.804. The number of benzene rings is 1. The van der Waals surface area contributed by atoms with Crippen molar-refractivity contribution in [3.05, 3.63) is 24.0 Å². The summed E-state index contributed by atoms with van der Waals surface area (Å²) >= 11 is 0. The normalized spacial score (nSPS) is 16.4. The van der Waals surface area contributed by atoms with Gasteiger partial charge in [-0.1, -0.05) is 6.07 Å². The molecule has 104 valence electrons. The molecule has 0 aliphatic carbocycles. The summed E-state index contributed by atoms with van der Waals surface area (Å²) in [5.41, 5.74) is 6.66. The van der Waals surface area contributed by atoms with E-state index < -0.39 is 6.09 Å². The van der Waals surface area contributed by atoms with Crippen LogP contribution in [0.1, 0.15) is 12.8 Å². The van der Waals surface area contributed by atoms with Gasteiger partial charge in [-0.05, 0) is 25.0 Å². The van der Waals surface area contributed by atoms with E-state index in [4.69, 9.17) is 10.8 Å². The Bertz CT molecular complexity index is 453. The lowest BCUT2D eigenvalue weighted by Gasteiger charge is -2.37. The van der Waals surface area contributed by atoms with Crippen molar-refractivity contribution in [2.24, 2.45) is 0 Å². The number of nitrogens with two attached hydrogens (primary N) is 1. The number of para-hydroxylation sites is 1. The molecular weight excluding hydrogens is 249 g/mol. The smallest absolute Gasteiger partial charge is 0.407 e. The Kier molecular flexibility index (Phi) is 3.78. The predicted octanol–water partition coefficient (Wildman–Crippen LogP) is 1.99. The van der Waals surface area contributed by atoms with Crippen molar-refractivity contribution >= 4 is 17.5 Å². The van der Waals surface area contributed by atoms with Gasteiger partial charge in [0.15, 0.2) is 0 Å². The van der Waals surface area contributed by atoms with E-state index >= 15 is 0 Å². The van der Waals surface area contributed by atoms with E-state index in [2.05, 4.69) is 0 Å². The molecule has 0 unspecified atom stereocenters. The second-order valence-corrected chi connectivity index (χ2v) is 4.79. The van der Waals surface area contributed by atoms with Crippen LogP contribution in [0.25, 0.3) is 0 Å². The Balaban J connectivity index is 2.06. The zero-order valence-corrected chi connectivity index (χ0v) is 10.8. The molecule has 1 aromatic carbocycles. The first kappa shape index (κ1) is 13.5. The van der Waals surface area contributed by atoms with Crippen LogP contribution in [-0.4, -0.2) is 42.3 Å². The predicted molar refractivity (Wildman–Crippen MR) is 71.8 cm³/mol. The molecule has 1 aliphatic heterocycles. The zero-order chi connectivity index (χ0) is 14.0. The Hall–Kier alpha value is -1.98. The van der Waals surface area contributed by atoms with E-state index in [1.54, 1.807) is 19.2 Å². The van der Waals surface area contributed by atoms with Gasteiger partial charge in [0.25, 0.3) is 0 Å². The topological polar surface area (TPSA) is 69.8 Å². The lowest BCUT2D eigenvalue weighted by molar-refractivity contribution is 0.131. The Morgan fingerprint density at radius 3 is 2.63 bits per heavy atom. The third-order valence-corrected chi connectivity index (χ3v) is 3.65. The molecule has 1 aromatic rings. The van der Waals surface area contributed by atoms with Gasteiger partial charge in [0, 0.05) is 26.2 Å². The van der Waals surface area contributed by atoms with Crippen molar-refractivity contribution in [2.75, 3.05) is 30.8 Å². The molecule has 1 heterocycles. The highest BCUT2D eigenvalue weighted by Gasteiger charge is 2.26. The van der Waals surface area contributed by atoms with Crippen LogP contribution in [0.2, 0.25) is 0 Å². The van der Waals surface area contributed by atoms with Crippen LogP contribution in [0, 0.1) is 5.82 Å². The minimum absolute atomic E-state index is 0.0123. The molecule has 3 N–H and O–H groups in total. The van der Waals surface area contributed by atoms with Gasteiger partial charge in [-0.25, -0.2) is 9.18 Å². The lowest BCUT2D eigenvalue weighted by Crippen LogP contribution is -2.45. The maximum atomic E-state index is 13.8. The second-order valence-electron chi connectivity index (χ2n) is 4.79. The third kappa shape index (κ3) is 2.72. The van der Waals surface area contributed by atoms with Crippen molar-refractivity contribution in [3.63, 3.8) is 0 Å². The number of halogens is 1. The fraction of sp³-hybridized carbons (Fsp3) is 0.462. The number of nitrogens with zero attached hydrogens (tertiary/aromatic N) is 2. The van der Waals surface area contributed by atoms with E-state index in [-0.39, 0.29) is 11.9 Å². The molecule has 0 radical (unpaired) electrons. The molecule has 1 amide bonds. The molecule has 0 aromatic heterocycles. The van der Waals surface area contributed by atoms with Crippen LogP contribution in [0.5, 0.6) is 0 Å². The van der Waals surface area contributed by atoms with E-state index in [1.807, 2.05) is 4.90 Å². The number of anilines is 2. The maximum Gasteiger partial charge on any atom is 0.407 e. The Labute approximate surface area is 111 Å². The lowest BCUT2D eigenvalue weighted by atomic mass is 10.0. The minimum atomic E-state index is -0.927. The fourth-order valence-electron chi connectivity index (χ4n) is 2.50. The number of carbonyl (C=O) groups is 1. The summed E-state index contributed by atoms with van der Waals surface area (Å²) < 4.78 is 13.8. The largest absolute Gasteiger partial charge is 0.465 e. The van der Waals surface area contributed by atoms with Crippen LogP contribution < -0.4 is 10.6 Å². The summed E-state index contributed by atoms with van der Waals surface area (Å²) in [4.78, 5) is 14.1. The van der Waals surface area contributed by atoms with Gasteiger partial charge < -0.3 is 20.6 Å². The summed E-state index contributed by atoms with van der Waals surface area (Å²) in [6.45, 7) is 1.21. The molecule has 2 rings (SSSR count). The Morgan fingerprint density at radius 2 is 2.11 bits per heavy atom.